The minimum atomic E-state index is -0.963. The first kappa shape index (κ1) is 17.3. The lowest BCUT2D eigenvalue weighted by Crippen LogP contribution is -2.44. The van der Waals surface area contributed by atoms with E-state index in [1.165, 1.54) is 18.4 Å². The van der Waals surface area contributed by atoms with Crippen LogP contribution >= 0.6 is 0 Å². The molecule has 1 saturated carbocycles. The van der Waals surface area contributed by atoms with Crippen LogP contribution in [0.25, 0.3) is 0 Å². The molecule has 0 aliphatic heterocycles. The lowest BCUT2D eigenvalue weighted by Gasteiger charge is -2.29. The Balaban J connectivity index is 1.89. The Bertz CT molecular complexity index is 511. The number of aliphatic carboxylic acids is 1. The van der Waals surface area contributed by atoms with E-state index < -0.39 is 18.1 Å². The van der Waals surface area contributed by atoms with Crippen molar-refractivity contribution >= 4 is 12.1 Å². The van der Waals surface area contributed by atoms with E-state index in [1.807, 2.05) is 30.3 Å². The number of carboxylic acid groups (broad SMARTS) is 1. The molecule has 1 fully saturated rings. The number of amides is 1. The first-order valence-corrected chi connectivity index (χ1v) is 8.24. The van der Waals surface area contributed by atoms with Gasteiger partial charge in [0.1, 0.15) is 12.6 Å². The number of hydrogen-bond acceptors (Lipinski definition) is 3. The predicted octanol–water partition coefficient (Wildman–Crippen LogP) is 3.68. The van der Waals surface area contributed by atoms with Crippen molar-refractivity contribution in [3.8, 4) is 0 Å². The highest BCUT2D eigenvalue weighted by atomic mass is 16.6. The molecule has 0 heterocycles. The monoisotopic (exact) mass is 319 g/mol. The highest BCUT2D eigenvalue weighted by Crippen LogP contribution is 2.28. The average Bonchev–Trinajstić information content (AvgIpc) is 2.58. The Morgan fingerprint density at radius 1 is 1.22 bits per heavy atom. The standard InChI is InChI=1S/C18H25NO4/c1-19(18(22)23-13-15-10-6-3-7-11-15)16(17(20)21)12-14-8-4-2-5-9-14/h3,6-7,10-11,14,16H,2,4-5,8-9,12-13H2,1H3,(H,20,21)/t16-/m0/s1. The molecule has 1 atom stereocenters. The van der Waals surface area contributed by atoms with E-state index in [9.17, 15) is 14.7 Å². The van der Waals surface area contributed by atoms with Crippen molar-refractivity contribution in [1.82, 2.24) is 4.90 Å². The molecule has 0 aromatic heterocycles. The van der Waals surface area contributed by atoms with Crippen molar-refractivity contribution in [3.05, 3.63) is 35.9 Å². The summed E-state index contributed by atoms with van der Waals surface area (Å²) in [6.45, 7) is 0.153. The summed E-state index contributed by atoms with van der Waals surface area (Å²) in [5.41, 5.74) is 0.883. The molecule has 0 saturated heterocycles. The van der Waals surface area contributed by atoms with Crippen molar-refractivity contribution < 1.29 is 19.4 Å². The van der Waals surface area contributed by atoms with Crippen LogP contribution in [0.3, 0.4) is 0 Å². The van der Waals surface area contributed by atoms with Gasteiger partial charge in [-0.25, -0.2) is 9.59 Å². The van der Waals surface area contributed by atoms with E-state index in [0.29, 0.717) is 12.3 Å². The molecule has 126 valence electrons. The van der Waals surface area contributed by atoms with Gasteiger partial charge < -0.3 is 9.84 Å². The maximum atomic E-state index is 12.1. The number of rotatable bonds is 6. The third kappa shape index (κ3) is 5.27. The lowest BCUT2D eigenvalue weighted by atomic mass is 9.84. The summed E-state index contributed by atoms with van der Waals surface area (Å²) in [6.07, 6.45) is 5.55. The summed E-state index contributed by atoms with van der Waals surface area (Å²) >= 11 is 0. The number of carbonyl (C=O) groups excluding carboxylic acids is 1. The van der Waals surface area contributed by atoms with Gasteiger partial charge in [-0.15, -0.1) is 0 Å². The molecule has 1 aromatic carbocycles. The van der Waals surface area contributed by atoms with Gasteiger partial charge in [0.25, 0.3) is 0 Å². The number of nitrogens with zero attached hydrogens (tertiary/aromatic N) is 1. The highest BCUT2D eigenvalue weighted by Gasteiger charge is 2.30. The molecule has 5 heteroatoms. The molecule has 1 amide bonds. The largest absolute Gasteiger partial charge is 0.480 e. The second-order valence-electron chi connectivity index (χ2n) is 6.24. The third-order valence-corrected chi connectivity index (χ3v) is 4.53. The summed E-state index contributed by atoms with van der Waals surface area (Å²) < 4.78 is 5.23. The normalized spacial score (nSPS) is 16.6. The zero-order valence-corrected chi connectivity index (χ0v) is 13.6. The van der Waals surface area contributed by atoms with E-state index in [4.69, 9.17) is 4.74 Å². The maximum Gasteiger partial charge on any atom is 0.410 e. The minimum absolute atomic E-state index is 0.153. The molecule has 1 N–H and O–H groups in total. The van der Waals surface area contributed by atoms with Crippen LogP contribution in [-0.2, 0) is 16.1 Å². The number of ether oxygens (including phenoxy) is 1. The zero-order chi connectivity index (χ0) is 16.7. The molecular weight excluding hydrogens is 294 g/mol. The number of likely N-dealkylation sites (N-methyl/N-ethyl adjacent to an activating group) is 1. The van der Waals surface area contributed by atoms with Crippen molar-refractivity contribution in [2.75, 3.05) is 7.05 Å². The molecule has 0 spiro atoms. The van der Waals surface area contributed by atoms with E-state index >= 15 is 0 Å². The van der Waals surface area contributed by atoms with Gasteiger partial charge in [-0.05, 0) is 17.9 Å². The Morgan fingerprint density at radius 3 is 2.48 bits per heavy atom. The number of hydrogen-bond donors (Lipinski definition) is 1. The van der Waals surface area contributed by atoms with Crippen LogP contribution in [0, 0.1) is 5.92 Å². The zero-order valence-electron chi connectivity index (χ0n) is 13.6. The fraction of sp³-hybridized carbons (Fsp3) is 0.556. The Hall–Kier alpha value is -2.04. The molecular formula is C18H25NO4. The van der Waals surface area contributed by atoms with Gasteiger partial charge in [0, 0.05) is 7.05 Å². The van der Waals surface area contributed by atoms with Crippen LogP contribution in [0.5, 0.6) is 0 Å². The minimum Gasteiger partial charge on any atom is -0.480 e. The quantitative estimate of drug-likeness (QED) is 0.868. The smallest absolute Gasteiger partial charge is 0.410 e. The van der Waals surface area contributed by atoms with E-state index in [1.54, 1.807) is 0 Å². The fourth-order valence-corrected chi connectivity index (χ4v) is 3.11. The molecule has 1 aromatic rings. The van der Waals surface area contributed by atoms with Gasteiger partial charge in [0.15, 0.2) is 0 Å². The molecule has 2 rings (SSSR count). The summed E-state index contributed by atoms with van der Waals surface area (Å²) in [5.74, 6) is -0.580. The number of carbonyl (C=O) groups is 2. The van der Waals surface area contributed by atoms with Gasteiger partial charge in [-0.2, -0.15) is 0 Å². The first-order valence-electron chi connectivity index (χ1n) is 8.24. The molecule has 0 unspecified atom stereocenters. The number of benzene rings is 1. The SMILES string of the molecule is CN(C(=O)OCc1ccccc1)[C@@H](CC1CCCCC1)C(=O)O. The van der Waals surface area contributed by atoms with Crippen LogP contribution in [0.2, 0.25) is 0 Å². The van der Waals surface area contributed by atoms with E-state index in [0.717, 1.165) is 31.2 Å². The average molecular weight is 319 g/mol. The van der Waals surface area contributed by atoms with Gasteiger partial charge in [0.05, 0.1) is 0 Å². The van der Waals surface area contributed by atoms with Crippen molar-refractivity contribution in [3.63, 3.8) is 0 Å². The summed E-state index contributed by atoms with van der Waals surface area (Å²) in [6, 6.07) is 8.54. The molecule has 0 bridgehead atoms. The molecule has 0 radical (unpaired) electrons. The third-order valence-electron chi connectivity index (χ3n) is 4.53. The van der Waals surface area contributed by atoms with E-state index in [-0.39, 0.29) is 6.61 Å². The fourth-order valence-electron chi connectivity index (χ4n) is 3.11. The van der Waals surface area contributed by atoms with Crippen LogP contribution in [0.1, 0.15) is 44.1 Å². The van der Waals surface area contributed by atoms with Crippen LogP contribution in [0.4, 0.5) is 4.79 Å². The second-order valence-corrected chi connectivity index (χ2v) is 6.24. The Morgan fingerprint density at radius 2 is 1.87 bits per heavy atom. The van der Waals surface area contributed by atoms with Gasteiger partial charge in [-0.3, -0.25) is 4.90 Å². The summed E-state index contributed by atoms with van der Waals surface area (Å²) in [7, 11) is 1.51. The molecule has 1 aliphatic carbocycles. The van der Waals surface area contributed by atoms with E-state index in [2.05, 4.69) is 0 Å². The Labute approximate surface area is 137 Å². The maximum absolute atomic E-state index is 12.1. The van der Waals surface area contributed by atoms with Crippen LogP contribution in [-0.4, -0.2) is 35.2 Å². The van der Waals surface area contributed by atoms with Crippen molar-refractivity contribution in [2.24, 2.45) is 5.92 Å². The van der Waals surface area contributed by atoms with Crippen molar-refractivity contribution in [2.45, 2.75) is 51.2 Å². The second kappa shape index (κ2) is 8.56. The lowest BCUT2D eigenvalue weighted by molar-refractivity contribution is -0.143. The molecule has 5 nitrogen and oxygen atoms in total. The molecule has 1 aliphatic rings. The van der Waals surface area contributed by atoms with Crippen LogP contribution in [0.15, 0.2) is 30.3 Å². The van der Waals surface area contributed by atoms with Gasteiger partial charge in [0.2, 0.25) is 0 Å². The van der Waals surface area contributed by atoms with Crippen LogP contribution < -0.4 is 0 Å². The summed E-state index contributed by atoms with van der Waals surface area (Å²) in [4.78, 5) is 24.9. The topological polar surface area (TPSA) is 66.8 Å². The van der Waals surface area contributed by atoms with Gasteiger partial charge >= 0.3 is 12.1 Å². The van der Waals surface area contributed by atoms with Crippen molar-refractivity contribution in [1.29, 1.82) is 0 Å². The predicted molar refractivity (Wildman–Crippen MR) is 87.0 cm³/mol. The number of carboxylic acids is 1. The Kier molecular flexibility index (Phi) is 6.44. The highest BCUT2D eigenvalue weighted by molar-refractivity contribution is 5.79. The first-order chi connectivity index (χ1) is 11.1. The summed E-state index contributed by atoms with van der Waals surface area (Å²) in [5, 5.41) is 9.46. The van der Waals surface area contributed by atoms with Gasteiger partial charge in [-0.1, -0.05) is 62.4 Å². The molecule has 23 heavy (non-hydrogen) atoms.